The van der Waals surface area contributed by atoms with E-state index < -0.39 is 59.9 Å². The van der Waals surface area contributed by atoms with Crippen LogP contribution < -0.4 is 33.2 Å². The SMILES string of the molecule is CCC(C)C(NC(=O)C(NC(=O)C(N)Cc1c[nH]c2ccccc12)C(C)O)C(=O)NC(CCCN=C(N)N)C(=O)O. The molecule has 2 aromatic rings. The molecule has 0 fully saturated rings. The van der Waals surface area contributed by atoms with E-state index in [2.05, 4.69) is 25.9 Å². The van der Waals surface area contributed by atoms with Crippen LogP contribution in [-0.2, 0) is 25.6 Å². The molecule has 1 aromatic carbocycles. The first-order valence-corrected chi connectivity index (χ1v) is 13.5. The highest BCUT2D eigenvalue weighted by molar-refractivity contribution is 5.95. The maximum absolute atomic E-state index is 13.2. The van der Waals surface area contributed by atoms with Gasteiger partial charge in [-0.25, -0.2) is 4.79 Å². The molecule has 2 rings (SSSR count). The highest BCUT2D eigenvalue weighted by Crippen LogP contribution is 2.19. The molecule has 226 valence electrons. The molecule has 0 radical (unpaired) electrons. The Labute approximate surface area is 238 Å². The Morgan fingerprint density at radius 2 is 1.63 bits per heavy atom. The van der Waals surface area contributed by atoms with Crippen molar-refractivity contribution in [2.75, 3.05) is 6.54 Å². The van der Waals surface area contributed by atoms with Gasteiger partial charge in [0.1, 0.15) is 18.1 Å². The summed E-state index contributed by atoms with van der Waals surface area (Å²) in [6, 6.07) is 2.74. The van der Waals surface area contributed by atoms with Crippen molar-refractivity contribution in [1.82, 2.24) is 20.9 Å². The van der Waals surface area contributed by atoms with E-state index in [9.17, 15) is 29.4 Å². The van der Waals surface area contributed by atoms with Crippen molar-refractivity contribution in [1.29, 1.82) is 0 Å². The number of aromatic nitrogens is 1. The van der Waals surface area contributed by atoms with Crippen molar-refractivity contribution in [3.8, 4) is 0 Å². The molecule has 14 heteroatoms. The Morgan fingerprint density at radius 1 is 1.00 bits per heavy atom. The lowest BCUT2D eigenvalue weighted by atomic mass is 9.96. The summed E-state index contributed by atoms with van der Waals surface area (Å²) in [5.74, 6) is -3.96. The average Bonchev–Trinajstić information content (AvgIpc) is 3.33. The van der Waals surface area contributed by atoms with Crippen LogP contribution in [0.4, 0.5) is 0 Å². The number of aliphatic hydroxyl groups excluding tert-OH is 1. The maximum atomic E-state index is 13.2. The largest absolute Gasteiger partial charge is 0.480 e. The molecule has 0 aliphatic rings. The van der Waals surface area contributed by atoms with E-state index in [1.54, 1.807) is 20.0 Å². The number of rotatable bonds is 16. The number of hydrogen-bond acceptors (Lipinski definition) is 7. The summed E-state index contributed by atoms with van der Waals surface area (Å²) in [5.41, 5.74) is 18.4. The highest BCUT2D eigenvalue weighted by atomic mass is 16.4. The Kier molecular flexibility index (Phi) is 12.5. The number of carboxylic acids is 1. The molecule has 0 spiro atoms. The fraction of sp³-hybridized carbons (Fsp3) is 0.519. The Morgan fingerprint density at radius 3 is 2.24 bits per heavy atom. The molecule has 0 saturated carbocycles. The Bertz CT molecular complexity index is 1230. The summed E-state index contributed by atoms with van der Waals surface area (Å²) in [5, 5.41) is 28.3. The van der Waals surface area contributed by atoms with Crippen LogP contribution in [0.5, 0.6) is 0 Å². The second kappa shape index (κ2) is 15.6. The number of nitrogens with one attached hydrogen (secondary N) is 4. The topological polar surface area (TPSA) is 251 Å². The first kappa shape index (κ1) is 33.0. The standard InChI is InChI=1S/C27H42N8O6/c1-4-14(2)21(24(38)33-20(26(40)41)10-7-11-31-27(29)30)34-25(39)22(15(3)36)35-23(37)18(28)12-16-13-32-19-9-6-5-8-17(16)19/h5-6,8-9,13-15,18,20-22,32,36H,4,7,10-12,28H2,1-3H3,(H,33,38)(H,34,39)(H,35,37)(H,40,41)(H4,29,30,31). The van der Waals surface area contributed by atoms with Gasteiger partial charge in [0.05, 0.1) is 12.1 Å². The van der Waals surface area contributed by atoms with Crippen LogP contribution >= 0.6 is 0 Å². The van der Waals surface area contributed by atoms with Gasteiger partial charge in [-0.1, -0.05) is 38.5 Å². The smallest absolute Gasteiger partial charge is 0.326 e. The van der Waals surface area contributed by atoms with Gasteiger partial charge in [-0.05, 0) is 43.7 Å². The van der Waals surface area contributed by atoms with E-state index in [0.29, 0.717) is 12.8 Å². The zero-order chi connectivity index (χ0) is 30.7. The molecule has 14 nitrogen and oxygen atoms in total. The number of carbonyl (C=O) groups excluding carboxylic acids is 3. The second-order valence-corrected chi connectivity index (χ2v) is 10.1. The molecule has 41 heavy (non-hydrogen) atoms. The van der Waals surface area contributed by atoms with Crippen LogP contribution in [0.1, 0.15) is 45.6 Å². The molecule has 6 atom stereocenters. The number of carbonyl (C=O) groups is 4. The number of amides is 3. The van der Waals surface area contributed by atoms with Crippen molar-refractivity contribution in [2.45, 2.75) is 76.7 Å². The first-order chi connectivity index (χ1) is 19.3. The minimum Gasteiger partial charge on any atom is -0.480 e. The number of aliphatic hydroxyl groups is 1. The number of aromatic amines is 1. The van der Waals surface area contributed by atoms with Crippen LogP contribution in [0.2, 0.25) is 0 Å². The molecule has 1 heterocycles. The van der Waals surface area contributed by atoms with Crippen molar-refractivity contribution in [3.63, 3.8) is 0 Å². The molecular weight excluding hydrogens is 532 g/mol. The number of nitrogens with two attached hydrogens (primary N) is 3. The lowest BCUT2D eigenvalue weighted by Gasteiger charge is -2.29. The molecule has 0 bridgehead atoms. The van der Waals surface area contributed by atoms with Gasteiger partial charge in [0.2, 0.25) is 17.7 Å². The molecule has 0 aliphatic heterocycles. The van der Waals surface area contributed by atoms with E-state index in [0.717, 1.165) is 16.5 Å². The summed E-state index contributed by atoms with van der Waals surface area (Å²) < 4.78 is 0. The van der Waals surface area contributed by atoms with Gasteiger partial charge in [-0.3, -0.25) is 19.4 Å². The zero-order valence-corrected chi connectivity index (χ0v) is 23.6. The molecule has 3 amide bonds. The highest BCUT2D eigenvalue weighted by Gasteiger charge is 2.34. The number of fused-ring (bicyclic) bond motifs is 1. The van der Waals surface area contributed by atoms with Crippen LogP contribution in [-0.4, -0.2) is 81.7 Å². The first-order valence-electron chi connectivity index (χ1n) is 13.5. The summed E-state index contributed by atoms with van der Waals surface area (Å²) in [6.45, 7) is 5.03. The molecule has 1 aromatic heterocycles. The number of H-pyrrole nitrogens is 1. The number of aliphatic carboxylic acids is 1. The molecular formula is C27H42N8O6. The molecule has 12 N–H and O–H groups in total. The van der Waals surface area contributed by atoms with Crippen molar-refractivity contribution in [2.24, 2.45) is 28.1 Å². The van der Waals surface area contributed by atoms with Crippen molar-refractivity contribution in [3.05, 3.63) is 36.0 Å². The zero-order valence-electron chi connectivity index (χ0n) is 23.6. The van der Waals surface area contributed by atoms with E-state index in [1.807, 2.05) is 24.3 Å². The second-order valence-electron chi connectivity index (χ2n) is 10.1. The van der Waals surface area contributed by atoms with Gasteiger partial charge in [0.25, 0.3) is 0 Å². The summed E-state index contributed by atoms with van der Waals surface area (Å²) in [7, 11) is 0. The van der Waals surface area contributed by atoms with Crippen LogP contribution in [0, 0.1) is 5.92 Å². The van der Waals surface area contributed by atoms with Crippen LogP contribution in [0.15, 0.2) is 35.5 Å². The van der Waals surface area contributed by atoms with Gasteiger partial charge in [0, 0.05) is 23.6 Å². The van der Waals surface area contributed by atoms with Crippen molar-refractivity contribution < 1.29 is 29.4 Å². The van der Waals surface area contributed by atoms with Gasteiger partial charge in [-0.2, -0.15) is 0 Å². The fourth-order valence-electron chi connectivity index (χ4n) is 4.26. The summed E-state index contributed by atoms with van der Waals surface area (Å²) in [6.07, 6.45) is 1.45. The van der Waals surface area contributed by atoms with Crippen LogP contribution in [0.3, 0.4) is 0 Å². The fourth-order valence-corrected chi connectivity index (χ4v) is 4.26. The third kappa shape index (κ3) is 9.76. The van der Waals surface area contributed by atoms with Crippen molar-refractivity contribution >= 4 is 40.6 Å². The quantitative estimate of drug-likeness (QED) is 0.0680. The monoisotopic (exact) mass is 574 g/mol. The van der Waals surface area contributed by atoms with E-state index in [4.69, 9.17) is 17.2 Å². The van der Waals surface area contributed by atoms with Gasteiger partial charge in [-0.15, -0.1) is 0 Å². The summed E-state index contributed by atoms with van der Waals surface area (Å²) in [4.78, 5) is 57.9. The van der Waals surface area contributed by atoms with E-state index >= 15 is 0 Å². The number of para-hydroxylation sites is 1. The average molecular weight is 575 g/mol. The third-order valence-electron chi connectivity index (χ3n) is 6.87. The lowest BCUT2D eigenvalue weighted by molar-refractivity contribution is -0.143. The van der Waals surface area contributed by atoms with Crippen LogP contribution in [0.25, 0.3) is 10.9 Å². The molecule has 6 unspecified atom stereocenters. The van der Waals surface area contributed by atoms with Gasteiger partial charge >= 0.3 is 5.97 Å². The number of guanidine groups is 1. The maximum Gasteiger partial charge on any atom is 0.326 e. The lowest BCUT2D eigenvalue weighted by Crippen LogP contribution is -2.61. The number of carboxylic acid groups (broad SMARTS) is 1. The number of benzene rings is 1. The molecule has 0 saturated heterocycles. The summed E-state index contributed by atoms with van der Waals surface area (Å²) >= 11 is 0. The van der Waals surface area contributed by atoms with Gasteiger partial charge < -0.3 is 48.3 Å². The Balaban J connectivity index is 2.08. The van der Waals surface area contributed by atoms with E-state index in [-0.39, 0.29) is 25.3 Å². The minimum atomic E-state index is -1.41. The van der Waals surface area contributed by atoms with E-state index in [1.165, 1.54) is 6.92 Å². The number of aliphatic imine (C=N–C) groups is 1. The minimum absolute atomic E-state index is 0.0553. The molecule has 0 aliphatic carbocycles. The normalized spacial score (nSPS) is 15.5. The predicted octanol–water partition coefficient (Wildman–Crippen LogP) is -0.943. The third-order valence-corrected chi connectivity index (χ3v) is 6.87. The number of hydrogen-bond donors (Lipinski definition) is 9. The number of nitrogens with zero attached hydrogens (tertiary/aromatic N) is 1. The Hall–Kier alpha value is -4.17. The van der Waals surface area contributed by atoms with Gasteiger partial charge in [0.15, 0.2) is 5.96 Å². The predicted molar refractivity (Wildman–Crippen MR) is 154 cm³/mol.